The van der Waals surface area contributed by atoms with Gasteiger partial charge in [-0.1, -0.05) is 0 Å². The van der Waals surface area contributed by atoms with Gasteiger partial charge >= 0.3 is 0 Å². The first-order valence-electron chi connectivity index (χ1n) is 7.73. The smallest absolute Gasteiger partial charge is 0.274 e. The number of benzene rings is 2. The van der Waals surface area contributed by atoms with Gasteiger partial charge in [0.2, 0.25) is 6.79 Å². The molecule has 0 radical (unpaired) electrons. The Hall–Kier alpha value is -3.68. The zero-order valence-corrected chi connectivity index (χ0v) is 13.4. The average Bonchev–Trinajstić information content (AvgIpc) is 3.12. The standard InChI is InChI=1S/C18H13FN4O3/c19-11-1-3-12(4-2-11)22-17-8-14(20-9-21-17)18(24)23-13-5-6-15-16(7-13)26-10-25-15/h1-9H,10H2,(H,23,24)(H,20,21,22). The van der Waals surface area contributed by atoms with Crippen LogP contribution in [-0.2, 0) is 0 Å². The van der Waals surface area contributed by atoms with Crippen LogP contribution < -0.4 is 20.1 Å². The SMILES string of the molecule is O=C(Nc1ccc2c(c1)OCO2)c1cc(Nc2ccc(F)cc2)ncn1. The average molecular weight is 352 g/mol. The lowest BCUT2D eigenvalue weighted by molar-refractivity contribution is 0.102. The molecular formula is C18H13FN4O3. The molecule has 0 spiro atoms. The highest BCUT2D eigenvalue weighted by Crippen LogP contribution is 2.34. The number of carbonyl (C=O) groups is 1. The van der Waals surface area contributed by atoms with Crippen molar-refractivity contribution in [3.8, 4) is 11.5 Å². The summed E-state index contributed by atoms with van der Waals surface area (Å²) in [6, 6.07) is 12.4. The van der Waals surface area contributed by atoms with Gasteiger partial charge in [-0.15, -0.1) is 0 Å². The number of hydrogen-bond acceptors (Lipinski definition) is 6. The Morgan fingerprint density at radius 1 is 0.962 bits per heavy atom. The lowest BCUT2D eigenvalue weighted by atomic mass is 10.2. The summed E-state index contributed by atoms with van der Waals surface area (Å²) in [5, 5.41) is 5.73. The molecule has 7 nitrogen and oxygen atoms in total. The van der Waals surface area contributed by atoms with Crippen LogP contribution in [0.15, 0.2) is 54.9 Å². The number of fused-ring (bicyclic) bond motifs is 1. The second-order valence-electron chi connectivity index (χ2n) is 5.44. The van der Waals surface area contributed by atoms with Crippen LogP contribution in [0.25, 0.3) is 0 Å². The monoisotopic (exact) mass is 352 g/mol. The number of anilines is 3. The highest BCUT2D eigenvalue weighted by molar-refractivity contribution is 6.03. The van der Waals surface area contributed by atoms with E-state index in [-0.39, 0.29) is 18.3 Å². The van der Waals surface area contributed by atoms with Gasteiger partial charge in [-0.3, -0.25) is 4.79 Å². The summed E-state index contributed by atoms with van der Waals surface area (Å²) < 4.78 is 23.5. The highest BCUT2D eigenvalue weighted by Gasteiger charge is 2.15. The predicted octanol–water partition coefficient (Wildman–Crippen LogP) is 3.34. The van der Waals surface area contributed by atoms with Crippen LogP contribution in [0.2, 0.25) is 0 Å². The zero-order valence-electron chi connectivity index (χ0n) is 13.4. The number of halogens is 1. The maximum atomic E-state index is 13.0. The maximum absolute atomic E-state index is 13.0. The Labute approximate surface area is 147 Å². The normalized spacial score (nSPS) is 11.9. The number of carbonyl (C=O) groups excluding carboxylic acids is 1. The molecule has 3 aromatic rings. The van der Waals surface area contributed by atoms with E-state index in [1.54, 1.807) is 30.3 Å². The van der Waals surface area contributed by atoms with E-state index in [4.69, 9.17) is 9.47 Å². The molecule has 0 fully saturated rings. The summed E-state index contributed by atoms with van der Waals surface area (Å²) in [6.07, 6.45) is 1.28. The van der Waals surface area contributed by atoms with Gasteiger partial charge in [0, 0.05) is 23.5 Å². The van der Waals surface area contributed by atoms with Crippen LogP contribution >= 0.6 is 0 Å². The Balaban J connectivity index is 1.48. The van der Waals surface area contributed by atoms with Gasteiger partial charge in [0.1, 0.15) is 23.7 Å². The largest absolute Gasteiger partial charge is 0.454 e. The second-order valence-corrected chi connectivity index (χ2v) is 5.44. The van der Waals surface area contributed by atoms with E-state index in [2.05, 4.69) is 20.6 Å². The molecule has 0 unspecified atom stereocenters. The molecule has 26 heavy (non-hydrogen) atoms. The fourth-order valence-corrected chi connectivity index (χ4v) is 2.40. The number of ether oxygens (including phenoxy) is 2. The van der Waals surface area contributed by atoms with E-state index in [1.807, 2.05) is 0 Å². The first kappa shape index (κ1) is 15.8. The quantitative estimate of drug-likeness (QED) is 0.749. The Kier molecular flexibility index (Phi) is 4.06. The molecule has 1 aromatic heterocycles. The molecule has 0 saturated carbocycles. The zero-order chi connectivity index (χ0) is 17.9. The number of nitrogens with one attached hydrogen (secondary N) is 2. The van der Waals surface area contributed by atoms with E-state index >= 15 is 0 Å². The summed E-state index contributed by atoms with van der Waals surface area (Å²) in [4.78, 5) is 20.5. The van der Waals surface area contributed by atoms with Crippen molar-refractivity contribution in [1.29, 1.82) is 0 Å². The van der Waals surface area contributed by atoms with Crippen molar-refractivity contribution in [3.63, 3.8) is 0 Å². The molecule has 0 saturated heterocycles. The van der Waals surface area contributed by atoms with E-state index in [1.165, 1.54) is 24.5 Å². The van der Waals surface area contributed by atoms with Crippen molar-refractivity contribution in [3.05, 3.63) is 66.4 Å². The van der Waals surface area contributed by atoms with Crippen molar-refractivity contribution in [2.75, 3.05) is 17.4 Å². The van der Waals surface area contributed by atoms with Gasteiger partial charge in [-0.05, 0) is 36.4 Å². The van der Waals surface area contributed by atoms with Crippen LogP contribution in [0.5, 0.6) is 11.5 Å². The minimum atomic E-state index is -0.395. The van der Waals surface area contributed by atoms with E-state index in [0.717, 1.165) is 0 Å². The van der Waals surface area contributed by atoms with Crippen molar-refractivity contribution in [1.82, 2.24) is 9.97 Å². The van der Waals surface area contributed by atoms with Crippen LogP contribution in [0, 0.1) is 5.82 Å². The molecule has 0 aliphatic carbocycles. The first-order valence-corrected chi connectivity index (χ1v) is 7.73. The van der Waals surface area contributed by atoms with Crippen molar-refractivity contribution in [2.45, 2.75) is 0 Å². The van der Waals surface area contributed by atoms with Crippen molar-refractivity contribution < 1.29 is 18.7 Å². The molecule has 1 aliphatic rings. The lowest BCUT2D eigenvalue weighted by Crippen LogP contribution is -2.14. The molecule has 0 bridgehead atoms. The Morgan fingerprint density at radius 2 is 1.73 bits per heavy atom. The van der Waals surface area contributed by atoms with Crippen LogP contribution in [0.4, 0.5) is 21.6 Å². The summed E-state index contributed by atoms with van der Waals surface area (Å²) in [5.74, 6) is 0.901. The molecule has 130 valence electrons. The maximum Gasteiger partial charge on any atom is 0.274 e. The van der Waals surface area contributed by atoms with Gasteiger partial charge in [-0.2, -0.15) is 0 Å². The summed E-state index contributed by atoms with van der Waals surface area (Å²) >= 11 is 0. The molecule has 4 rings (SSSR count). The van der Waals surface area contributed by atoms with Crippen LogP contribution in [0.1, 0.15) is 10.5 Å². The molecule has 1 amide bonds. The summed E-state index contributed by atoms with van der Waals surface area (Å²) in [6.45, 7) is 0.164. The topological polar surface area (TPSA) is 85.4 Å². The van der Waals surface area contributed by atoms with E-state index in [0.29, 0.717) is 28.7 Å². The molecular weight excluding hydrogens is 339 g/mol. The van der Waals surface area contributed by atoms with Gasteiger partial charge in [0.05, 0.1) is 0 Å². The van der Waals surface area contributed by atoms with Gasteiger partial charge in [0.25, 0.3) is 5.91 Å². The molecule has 8 heteroatoms. The van der Waals surface area contributed by atoms with E-state index in [9.17, 15) is 9.18 Å². The summed E-state index contributed by atoms with van der Waals surface area (Å²) in [5.41, 5.74) is 1.39. The number of nitrogens with zero attached hydrogens (tertiary/aromatic N) is 2. The van der Waals surface area contributed by atoms with Gasteiger partial charge < -0.3 is 20.1 Å². The molecule has 0 atom stereocenters. The van der Waals surface area contributed by atoms with Crippen LogP contribution in [0.3, 0.4) is 0 Å². The predicted molar refractivity (Wildman–Crippen MR) is 92.2 cm³/mol. The highest BCUT2D eigenvalue weighted by atomic mass is 19.1. The third kappa shape index (κ3) is 3.39. The fraction of sp³-hybridized carbons (Fsp3) is 0.0556. The number of amides is 1. The van der Waals surface area contributed by atoms with Crippen molar-refractivity contribution in [2.24, 2.45) is 0 Å². The minimum Gasteiger partial charge on any atom is -0.454 e. The molecule has 2 heterocycles. The Bertz CT molecular complexity index is 963. The molecule has 1 aliphatic heterocycles. The third-order valence-corrected chi connectivity index (χ3v) is 3.65. The minimum absolute atomic E-state index is 0.164. The van der Waals surface area contributed by atoms with Gasteiger partial charge in [0.15, 0.2) is 11.5 Å². The number of rotatable bonds is 4. The second kappa shape index (κ2) is 6.67. The first-order chi connectivity index (χ1) is 12.7. The van der Waals surface area contributed by atoms with Crippen molar-refractivity contribution >= 4 is 23.1 Å². The molecule has 2 aromatic carbocycles. The molecule has 2 N–H and O–H groups in total. The summed E-state index contributed by atoms with van der Waals surface area (Å²) in [7, 11) is 0. The number of aromatic nitrogens is 2. The third-order valence-electron chi connectivity index (χ3n) is 3.65. The number of hydrogen-bond donors (Lipinski definition) is 2. The van der Waals surface area contributed by atoms with Gasteiger partial charge in [-0.25, -0.2) is 14.4 Å². The lowest BCUT2D eigenvalue weighted by Gasteiger charge is -2.08. The van der Waals surface area contributed by atoms with Crippen LogP contribution in [-0.4, -0.2) is 22.7 Å². The fourth-order valence-electron chi connectivity index (χ4n) is 2.40. The Morgan fingerprint density at radius 3 is 2.58 bits per heavy atom. The van der Waals surface area contributed by atoms with E-state index < -0.39 is 5.91 Å².